The Bertz CT molecular complexity index is 466. The van der Waals surface area contributed by atoms with Crippen LogP contribution in [0.1, 0.15) is 25.8 Å². The molecule has 0 bridgehead atoms. The number of hydrogen-bond donors (Lipinski definition) is 1. The van der Waals surface area contributed by atoms with Crippen molar-refractivity contribution < 1.29 is 13.5 Å². The molecule has 4 nitrogen and oxygen atoms in total. The Morgan fingerprint density at radius 3 is 2.28 bits per heavy atom. The summed E-state index contributed by atoms with van der Waals surface area (Å²) in [5.74, 6) is 0. The highest BCUT2D eigenvalue weighted by molar-refractivity contribution is 7.89. The predicted octanol–water partition coefficient (Wildman–Crippen LogP) is 1.78. The van der Waals surface area contributed by atoms with Gasteiger partial charge in [0.2, 0.25) is 10.0 Å². The maximum absolute atomic E-state index is 12.4. The van der Waals surface area contributed by atoms with Gasteiger partial charge in [-0.05, 0) is 32.4 Å². The first-order valence-electron chi connectivity index (χ1n) is 6.12. The van der Waals surface area contributed by atoms with E-state index >= 15 is 0 Å². The predicted molar refractivity (Wildman–Crippen MR) is 71.9 cm³/mol. The number of benzene rings is 1. The van der Waals surface area contributed by atoms with Crippen LogP contribution in [0.2, 0.25) is 0 Å². The molecule has 0 saturated carbocycles. The summed E-state index contributed by atoms with van der Waals surface area (Å²) in [5, 5.41) is 9.40. The molecule has 5 heteroatoms. The monoisotopic (exact) mass is 271 g/mol. The molecule has 1 aromatic carbocycles. The van der Waals surface area contributed by atoms with Crippen molar-refractivity contribution in [1.29, 1.82) is 0 Å². The van der Waals surface area contributed by atoms with E-state index in [0.29, 0.717) is 6.54 Å². The molecule has 102 valence electrons. The van der Waals surface area contributed by atoms with Crippen molar-refractivity contribution >= 4 is 10.0 Å². The minimum absolute atomic E-state index is 0.129. The van der Waals surface area contributed by atoms with Gasteiger partial charge in [-0.25, -0.2) is 8.42 Å². The smallest absolute Gasteiger partial charge is 0.243 e. The average molecular weight is 271 g/mol. The van der Waals surface area contributed by atoms with E-state index in [1.165, 1.54) is 4.31 Å². The van der Waals surface area contributed by atoms with Crippen LogP contribution in [0.5, 0.6) is 0 Å². The fourth-order valence-electron chi connectivity index (χ4n) is 1.71. The van der Waals surface area contributed by atoms with Crippen LogP contribution in [-0.2, 0) is 10.0 Å². The van der Waals surface area contributed by atoms with Gasteiger partial charge in [0.05, 0.1) is 11.0 Å². The van der Waals surface area contributed by atoms with E-state index in [1.807, 2.05) is 13.8 Å². The Morgan fingerprint density at radius 1 is 1.28 bits per heavy atom. The molecule has 18 heavy (non-hydrogen) atoms. The van der Waals surface area contributed by atoms with E-state index in [9.17, 15) is 13.5 Å². The molecule has 1 atom stereocenters. The fraction of sp³-hybridized carbons (Fsp3) is 0.538. The summed E-state index contributed by atoms with van der Waals surface area (Å²) in [7, 11) is -3.50. The van der Waals surface area contributed by atoms with Gasteiger partial charge in [0.15, 0.2) is 0 Å². The molecule has 0 fully saturated rings. The van der Waals surface area contributed by atoms with E-state index in [-0.39, 0.29) is 11.4 Å². The topological polar surface area (TPSA) is 57.6 Å². The fourth-order valence-corrected chi connectivity index (χ4v) is 3.33. The normalized spacial score (nSPS) is 13.8. The first-order chi connectivity index (χ1) is 8.37. The van der Waals surface area contributed by atoms with Crippen LogP contribution in [0.4, 0.5) is 0 Å². The maximum atomic E-state index is 12.4. The zero-order valence-electron chi connectivity index (χ0n) is 11.1. The molecule has 0 aliphatic carbocycles. The number of hydrogen-bond acceptors (Lipinski definition) is 3. The first kappa shape index (κ1) is 15.1. The SMILES string of the molecule is CCCN(CC(C)O)S(=O)(=O)c1ccc(C)cc1. The average Bonchev–Trinajstić information content (AvgIpc) is 2.28. The van der Waals surface area contributed by atoms with Gasteiger partial charge in [-0.15, -0.1) is 0 Å². The van der Waals surface area contributed by atoms with Gasteiger partial charge in [0.25, 0.3) is 0 Å². The number of sulfonamides is 1. The van der Waals surface area contributed by atoms with Crippen LogP contribution in [0.15, 0.2) is 29.2 Å². The molecule has 0 aliphatic heterocycles. The lowest BCUT2D eigenvalue weighted by atomic mass is 10.2. The standard InChI is InChI=1S/C13H21NO3S/c1-4-9-14(10-12(3)15)18(16,17)13-7-5-11(2)6-8-13/h5-8,12,15H,4,9-10H2,1-3H3. The molecule has 1 N–H and O–H groups in total. The molecule has 1 aromatic rings. The Balaban J connectivity index is 3.04. The highest BCUT2D eigenvalue weighted by Gasteiger charge is 2.24. The Kier molecular flexibility index (Phi) is 5.31. The number of nitrogens with zero attached hydrogens (tertiary/aromatic N) is 1. The highest BCUT2D eigenvalue weighted by Crippen LogP contribution is 2.17. The number of aryl methyl sites for hydroxylation is 1. The van der Waals surface area contributed by atoms with Crippen molar-refractivity contribution in [1.82, 2.24) is 4.31 Å². The van der Waals surface area contributed by atoms with Crippen LogP contribution in [-0.4, -0.2) is 37.0 Å². The van der Waals surface area contributed by atoms with E-state index in [2.05, 4.69) is 0 Å². The summed E-state index contributed by atoms with van der Waals surface area (Å²) in [6.45, 7) is 5.97. The first-order valence-corrected chi connectivity index (χ1v) is 7.56. The molecular formula is C13H21NO3S. The molecule has 0 aliphatic rings. The van der Waals surface area contributed by atoms with Crippen molar-refractivity contribution in [2.45, 2.75) is 38.2 Å². The second kappa shape index (κ2) is 6.31. The van der Waals surface area contributed by atoms with E-state index in [4.69, 9.17) is 0 Å². The van der Waals surface area contributed by atoms with Crippen LogP contribution in [0, 0.1) is 6.92 Å². The van der Waals surface area contributed by atoms with Gasteiger partial charge < -0.3 is 5.11 Å². The van der Waals surface area contributed by atoms with E-state index < -0.39 is 16.1 Å². The number of aliphatic hydroxyl groups is 1. The highest BCUT2D eigenvalue weighted by atomic mass is 32.2. The number of aliphatic hydroxyl groups excluding tert-OH is 1. The van der Waals surface area contributed by atoms with Crippen molar-refractivity contribution in [2.24, 2.45) is 0 Å². The van der Waals surface area contributed by atoms with Gasteiger partial charge in [-0.3, -0.25) is 0 Å². The molecular weight excluding hydrogens is 250 g/mol. The Morgan fingerprint density at radius 2 is 1.83 bits per heavy atom. The third-order valence-corrected chi connectivity index (χ3v) is 4.48. The third-order valence-electron chi connectivity index (χ3n) is 2.60. The summed E-state index contributed by atoms with van der Waals surface area (Å²) < 4.78 is 26.1. The Labute approximate surface area is 109 Å². The van der Waals surface area contributed by atoms with Crippen molar-refractivity contribution in [3.05, 3.63) is 29.8 Å². The molecule has 0 amide bonds. The largest absolute Gasteiger partial charge is 0.392 e. The maximum Gasteiger partial charge on any atom is 0.243 e. The van der Waals surface area contributed by atoms with Crippen LogP contribution in [0.25, 0.3) is 0 Å². The Hall–Kier alpha value is -0.910. The van der Waals surface area contributed by atoms with Crippen molar-refractivity contribution in [3.8, 4) is 0 Å². The quantitative estimate of drug-likeness (QED) is 0.858. The van der Waals surface area contributed by atoms with Gasteiger partial charge in [0.1, 0.15) is 0 Å². The molecule has 1 unspecified atom stereocenters. The van der Waals surface area contributed by atoms with Crippen molar-refractivity contribution in [3.63, 3.8) is 0 Å². The summed E-state index contributed by atoms with van der Waals surface area (Å²) in [5.41, 5.74) is 1.02. The minimum atomic E-state index is -3.50. The minimum Gasteiger partial charge on any atom is -0.392 e. The van der Waals surface area contributed by atoms with Gasteiger partial charge >= 0.3 is 0 Å². The summed E-state index contributed by atoms with van der Waals surface area (Å²) >= 11 is 0. The van der Waals surface area contributed by atoms with Crippen LogP contribution in [0.3, 0.4) is 0 Å². The van der Waals surface area contributed by atoms with Gasteiger partial charge in [-0.1, -0.05) is 24.6 Å². The summed E-state index contributed by atoms with van der Waals surface area (Å²) in [6.07, 6.45) is 0.0504. The zero-order valence-corrected chi connectivity index (χ0v) is 11.9. The third kappa shape index (κ3) is 3.80. The molecule has 0 saturated heterocycles. The van der Waals surface area contributed by atoms with Gasteiger partial charge in [0, 0.05) is 13.1 Å². The molecule has 0 heterocycles. The molecule has 0 spiro atoms. The molecule has 0 radical (unpaired) electrons. The lowest BCUT2D eigenvalue weighted by molar-refractivity contribution is 0.163. The van der Waals surface area contributed by atoms with Gasteiger partial charge in [-0.2, -0.15) is 4.31 Å². The van der Waals surface area contributed by atoms with Crippen LogP contribution < -0.4 is 0 Å². The summed E-state index contributed by atoms with van der Waals surface area (Å²) in [6, 6.07) is 6.77. The van der Waals surface area contributed by atoms with Crippen molar-refractivity contribution in [2.75, 3.05) is 13.1 Å². The van der Waals surface area contributed by atoms with E-state index in [0.717, 1.165) is 12.0 Å². The second-order valence-corrected chi connectivity index (χ2v) is 6.46. The molecule has 1 rings (SSSR count). The number of rotatable bonds is 6. The second-order valence-electron chi connectivity index (χ2n) is 4.53. The lowest BCUT2D eigenvalue weighted by Gasteiger charge is -2.23. The summed E-state index contributed by atoms with van der Waals surface area (Å²) in [4.78, 5) is 0.280. The van der Waals surface area contributed by atoms with Crippen LogP contribution >= 0.6 is 0 Å². The zero-order chi connectivity index (χ0) is 13.8. The van der Waals surface area contributed by atoms with E-state index in [1.54, 1.807) is 31.2 Å². The molecule has 0 aromatic heterocycles. The lowest BCUT2D eigenvalue weighted by Crippen LogP contribution is -2.37.